The minimum absolute atomic E-state index is 0.0558. The van der Waals surface area contributed by atoms with Gasteiger partial charge in [-0.2, -0.15) is 0 Å². The maximum absolute atomic E-state index is 12.2. The monoisotopic (exact) mass is 250 g/mol. The number of ether oxygens (including phenoxy) is 1. The Morgan fingerprint density at radius 3 is 2.61 bits per heavy atom. The van der Waals surface area contributed by atoms with E-state index in [-0.39, 0.29) is 12.0 Å². The van der Waals surface area contributed by atoms with Crippen LogP contribution in [0.5, 0.6) is 0 Å². The predicted octanol–water partition coefficient (Wildman–Crippen LogP) is 0.769. The van der Waals surface area contributed by atoms with Crippen LogP contribution in [0.4, 0.5) is 5.82 Å². The first kappa shape index (κ1) is 12.8. The van der Waals surface area contributed by atoms with Gasteiger partial charge in [0.25, 0.3) is 5.91 Å². The summed E-state index contributed by atoms with van der Waals surface area (Å²) in [7, 11) is 3.48. The second kappa shape index (κ2) is 5.77. The maximum Gasteiger partial charge on any atom is 0.274 e. The van der Waals surface area contributed by atoms with Crippen LogP contribution in [0.25, 0.3) is 0 Å². The van der Waals surface area contributed by atoms with Gasteiger partial charge in [-0.25, -0.2) is 9.97 Å². The van der Waals surface area contributed by atoms with Crippen molar-refractivity contribution in [1.82, 2.24) is 14.9 Å². The molecule has 1 N–H and O–H groups in total. The third-order valence-corrected chi connectivity index (χ3v) is 3.19. The van der Waals surface area contributed by atoms with Crippen LogP contribution in [0.1, 0.15) is 23.3 Å². The van der Waals surface area contributed by atoms with Crippen molar-refractivity contribution < 1.29 is 9.53 Å². The number of carbonyl (C=O) groups is 1. The molecule has 98 valence electrons. The molecule has 1 amide bonds. The van der Waals surface area contributed by atoms with Crippen LogP contribution >= 0.6 is 0 Å². The lowest BCUT2D eigenvalue weighted by Crippen LogP contribution is -2.40. The van der Waals surface area contributed by atoms with Crippen molar-refractivity contribution in [2.75, 3.05) is 32.6 Å². The van der Waals surface area contributed by atoms with Gasteiger partial charge in [0.05, 0.1) is 18.5 Å². The molecule has 0 saturated carbocycles. The number of hydrogen-bond acceptors (Lipinski definition) is 5. The van der Waals surface area contributed by atoms with Crippen LogP contribution in [-0.4, -0.2) is 54.1 Å². The number of hydrogen-bond donors (Lipinski definition) is 1. The highest BCUT2D eigenvalue weighted by molar-refractivity contribution is 5.92. The van der Waals surface area contributed by atoms with Gasteiger partial charge >= 0.3 is 0 Å². The van der Waals surface area contributed by atoms with E-state index in [0.717, 1.165) is 12.8 Å². The van der Waals surface area contributed by atoms with E-state index in [1.54, 1.807) is 25.3 Å². The Hall–Kier alpha value is -1.69. The Kier molecular flexibility index (Phi) is 4.09. The molecule has 1 aromatic rings. The molecule has 1 aromatic heterocycles. The van der Waals surface area contributed by atoms with E-state index in [1.807, 2.05) is 0 Å². The smallest absolute Gasteiger partial charge is 0.274 e. The molecule has 0 spiro atoms. The normalized spacial score (nSPS) is 16.7. The number of methoxy groups -OCH3 is 1. The minimum atomic E-state index is -0.0558. The van der Waals surface area contributed by atoms with Crippen LogP contribution in [0.2, 0.25) is 0 Å². The first-order valence-electron chi connectivity index (χ1n) is 6.06. The van der Waals surface area contributed by atoms with Gasteiger partial charge in [-0.3, -0.25) is 4.79 Å². The maximum atomic E-state index is 12.2. The molecule has 1 aliphatic rings. The number of rotatable bonds is 3. The molecular weight excluding hydrogens is 232 g/mol. The molecule has 0 aliphatic carbocycles. The van der Waals surface area contributed by atoms with E-state index in [4.69, 9.17) is 4.74 Å². The highest BCUT2D eigenvalue weighted by Gasteiger charge is 2.24. The molecule has 6 nitrogen and oxygen atoms in total. The first-order valence-corrected chi connectivity index (χ1v) is 6.06. The van der Waals surface area contributed by atoms with Crippen molar-refractivity contribution in [3.63, 3.8) is 0 Å². The molecule has 1 fully saturated rings. The number of carbonyl (C=O) groups excluding carboxylic acids is 1. The number of aromatic nitrogens is 2. The fraction of sp³-hybridized carbons (Fsp3) is 0.583. The molecule has 1 saturated heterocycles. The Labute approximate surface area is 106 Å². The summed E-state index contributed by atoms with van der Waals surface area (Å²) in [6.07, 6.45) is 5.10. The van der Waals surface area contributed by atoms with E-state index in [2.05, 4.69) is 15.3 Å². The highest BCUT2D eigenvalue weighted by Crippen LogP contribution is 2.15. The fourth-order valence-corrected chi connectivity index (χ4v) is 2.02. The lowest BCUT2D eigenvalue weighted by Gasteiger charge is -2.30. The first-order chi connectivity index (χ1) is 8.74. The van der Waals surface area contributed by atoms with Crippen molar-refractivity contribution in [2.45, 2.75) is 18.9 Å². The van der Waals surface area contributed by atoms with Crippen LogP contribution in [0, 0.1) is 0 Å². The molecule has 2 heterocycles. The number of anilines is 1. The second-order valence-corrected chi connectivity index (χ2v) is 4.26. The number of nitrogens with zero attached hydrogens (tertiary/aromatic N) is 3. The van der Waals surface area contributed by atoms with Crippen LogP contribution in [0.15, 0.2) is 12.4 Å². The van der Waals surface area contributed by atoms with Gasteiger partial charge in [-0.1, -0.05) is 0 Å². The molecule has 2 rings (SSSR count). The molecule has 0 atom stereocenters. The van der Waals surface area contributed by atoms with E-state index < -0.39 is 0 Å². The van der Waals surface area contributed by atoms with Gasteiger partial charge < -0.3 is 15.0 Å². The van der Waals surface area contributed by atoms with Crippen molar-refractivity contribution in [1.29, 1.82) is 0 Å². The van der Waals surface area contributed by atoms with Crippen molar-refractivity contribution in [3.8, 4) is 0 Å². The Balaban J connectivity index is 1.98. The Bertz CT molecular complexity index is 399. The standard InChI is InChI=1S/C12H18N4O2/c1-13-11-8-14-10(7-15-11)12(17)16-5-3-9(18-2)4-6-16/h7-9H,3-6H2,1-2H3,(H,13,15). The largest absolute Gasteiger partial charge is 0.381 e. The SMILES string of the molecule is CNc1cnc(C(=O)N2CCC(OC)CC2)cn1. The van der Waals surface area contributed by atoms with E-state index in [0.29, 0.717) is 24.6 Å². The molecule has 18 heavy (non-hydrogen) atoms. The molecule has 0 radical (unpaired) electrons. The summed E-state index contributed by atoms with van der Waals surface area (Å²) in [4.78, 5) is 22.2. The number of amides is 1. The summed E-state index contributed by atoms with van der Waals surface area (Å²) >= 11 is 0. The average Bonchev–Trinajstić information content (AvgIpc) is 2.47. The second-order valence-electron chi connectivity index (χ2n) is 4.26. The van der Waals surface area contributed by atoms with Gasteiger partial charge in [0.1, 0.15) is 11.5 Å². The van der Waals surface area contributed by atoms with Crippen molar-refractivity contribution in [2.24, 2.45) is 0 Å². The van der Waals surface area contributed by atoms with E-state index >= 15 is 0 Å². The molecular formula is C12H18N4O2. The summed E-state index contributed by atoms with van der Waals surface area (Å²) in [5.41, 5.74) is 0.393. The van der Waals surface area contributed by atoms with E-state index in [9.17, 15) is 4.79 Å². The molecule has 0 unspecified atom stereocenters. The number of likely N-dealkylation sites (tertiary alicyclic amines) is 1. The highest BCUT2D eigenvalue weighted by atomic mass is 16.5. The molecule has 1 aliphatic heterocycles. The summed E-state index contributed by atoms with van der Waals surface area (Å²) < 4.78 is 5.28. The molecule has 0 aromatic carbocycles. The zero-order valence-electron chi connectivity index (χ0n) is 10.7. The van der Waals surface area contributed by atoms with Gasteiger partial charge in [0.2, 0.25) is 0 Å². The lowest BCUT2D eigenvalue weighted by molar-refractivity contribution is 0.0347. The number of piperidine rings is 1. The fourth-order valence-electron chi connectivity index (χ4n) is 2.02. The minimum Gasteiger partial charge on any atom is -0.381 e. The van der Waals surface area contributed by atoms with Crippen LogP contribution < -0.4 is 5.32 Å². The Morgan fingerprint density at radius 2 is 2.11 bits per heavy atom. The van der Waals surface area contributed by atoms with Crippen molar-refractivity contribution >= 4 is 11.7 Å². The lowest BCUT2D eigenvalue weighted by atomic mass is 10.1. The zero-order valence-corrected chi connectivity index (χ0v) is 10.7. The van der Waals surface area contributed by atoms with Gasteiger partial charge in [0.15, 0.2) is 0 Å². The van der Waals surface area contributed by atoms with Gasteiger partial charge in [-0.05, 0) is 12.8 Å². The quantitative estimate of drug-likeness (QED) is 0.858. The molecule has 6 heteroatoms. The number of nitrogens with one attached hydrogen (secondary N) is 1. The molecule has 0 bridgehead atoms. The third kappa shape index (κ3) is 2.76. The summed E-state index contributed by atoms with van der Waals surface area (Å²) in [6.45, 7) is 1.43. The summed E-state index contributed by atoms with van der Waals surface area (Å²) in [5.74, 6) is 0.601. The van der Waals surface area contributed by atoms with Crippen LogP contribution in [0.3, 0.4) is 0 Å². The van der Waals surface area contributed by atoms with Crippen LogP contribution in [-0.2, 0) is 4.74 Å². The van der Waals surface area contributed by atoms with Gasteiger partial charge in [0, 0.05) is 27.2 Å². The van der Waals surface area contributed by atoms with Gasteiger partial charge in [-0.15, -0.1) is 0 Å². The van der Waals surface area contributed by atoms with E-state index in [1.165, 1.54) is 6.20 Å². The topological polar surface area (TPSA) is 67.4 Å². The average molecular weight is 250 g/mol. The predicted molar refractivity (Wildman–Crippen MR) is 67.5 cm³/mol. The third-order valence-electron chi connectivity index (χ3n) is 3.19. The van der Waals surface area contributed by atoms with Crippen molar-refractivity contribution in [3.05, 3.63) is 18.1 Å². The Morgan fingerprint density at radius 1 is 1.39 bits per heavy atom. The zero-order chi connectivity index (χ0) is 13.0. The summed E-state index contributed by atoms with van der Waals surface area (Å²) in [5, 5.41) is 2.87. The summed E-state index contributed by atoms with van der Waals surface area (Å²) in [6, 6.07) is 0.